The lowest BCUT2D eigenvalue weighted by atomic mass is 10.0. The average molecular weight is 500 g/mol. The van der Waals surface area contributed by atoms with Crippen molar-refractivity contribution in [3.63, 3.8) is 0 Å². The van der Waals surface area contributed by atoms with Crippen molar-refractivity contribution in [3.05, 3.63) is 77.3 Å². The van der Waals surface area contributed by atoms with Crippen molar-refractivity contribution in [2.45, 2.75) is 6.92 Å². The predicted octanol–water partition coefficient (Wildman–Crippen LogP) is 5.84. The molecule has 36 heavy (non-hydrogen) atoms. The van der Waals surface area contributed by atoms with Crippen LogP contribution in [0.4, 0.5) is 22.0 Å². The molecular weight excluding hydrogens is 470 g/mol. The zero-order valence-electron chi connectivity index (χ0n) is 20.2. The molecule has 0 atom stereocenters. The van der Waals surface area contributed by atoms with Crippen LogP contribution in [0.3, 0.4) is 0 Å². The third kappa shape index (κ3) is 5.57. The number of ether oxygens (including phenoxy) is 1. The van der Waals surface area contributed by atoms with Gasteiger partial charge in [-0.1, -0.05) is 36.4 Å². The Morgan fingerprint density at radius 2 is 1.92 bits per heavy atom. The molecule has 0 aliphatic carbocycles. The van der Waals surface area contributed by atoms with E-state index < -0.39 is 0 Å². The van der Waals surface area contributed by atoms with E-state index in [1.807, 2.05) is 61.7 Å². The van der Waals surface area contributed by atoms with Crippen molar-refractivity contribution in [3.8, 4) is 11.1 Å². The monoisotopic (exact) mass is 499 g/mol. The molecule has 1 saturated heterocycles. The summed E-state index contributed by atoms with van der Waals surface area (Å²) >= 11 is 1.67. The number of carbonyl (C=O) groups excluding carboxylic acids is 1. The molecular formula is C28H29N5O2S. The van der Waals surface area contributed by atoms with Crippen LogP contribution in [-0.4, -0.2) is 48.8 Å². The number of aromatic nitrogens is 1. The van der Waals surface area contributed by atoms with Crippen molar-refractivity contribution >= 4 is 50.7 Å². The number of hydrogen-bond donors (Lipinski definition) is 3. The number of fused-ring (bicyclic) bond motifs is 1. The third-order valence-electron chi connectivity index (χ3n) is 6.15. The van der Waals surface area contributed by atoms with Gasteiger partial charge in [-0.3, -0.25) is 4.90 Å². The number of nitrogens with zero attached hydrogens (tertiary/aromatic N) is 2. The minimum atomic E-state index is -0.281. The molecule has 2 amide bonds. The maximum atomic E-state index is 12.4. The lowest BCUT2D eigenvalue weighted by Crippen LogP contribution is -2.36. The summed E-state index contributed by atoms with van der Waals surface area (Å²) in [7, 11) is 0. The summed E-state index contributed by atoms with van der Waals surface area (Å²) in [5.41, 5.74) is 12.0. The number of nitrogens with two attached hydrogens (primary N) is 1. The SMILES string of the molecule is Cc1cccc(NC(=O)Nc2ccc(-c3csc4c(C=CCN5CCOCC5)cnc(N)c34)cc2)c1. The Hall–Kier alpha value is -3.72. The molecule has 0 saturated carbocycles. The summed E-state index contributed by atoms with van der Waals surface area (Å²) < 4.78 is 6.54. The number of thiophene rings is 1. The maximum absolute atomic E-state index is 12.4. The number of hydrogen-bond acceptors (Lipinski definition) is 6. The average Bonchev–Trinajstić information content (AvgIpc) is 3.33. The van der Waals surface area contributed by atoms with Crippen molar-refractivity contribution in [2.24, 2.45) is 0 Å². The predicted molar refractivity (Wildman–Crippen MR) is 150 cm³/mol. The molecule has 8 heteroatoms. The number of rotatable bonds is 6. The third-order valence-corrected chi connectivity index (χ3v) is 7.18. The van der Waals surface area contributed by atoms with Crippen molar-refractivity contribution < 1.29 is 9.53 Å². The second-order valence-corrected chi connectivity index (χ2v) is 9.67. The molecule has 4 N–H and O–H groups in total. The van der Waals surface area contributed by atoms with E-state index in [2.05, 4.69) is 38.0 Å². The number of nitrogen functional groups attached to an aromatic ring is 1. The number of morpholine rings is 1. The number of urea groups is 1. The van der Waals surface area contributed by atoms with E-state index in [0.717, 1.165) is 70.9 Å². The van der Waals surface area contributed by atoms with Gasteiger partial charge in [0.05, 0.1) is 13.2 Å². The van der Waals surface area contributed by atoms with Gasteiger partial charge in [0.25, 0.3) is 0 Å². The Morgan fingerprint density at radius 3 is 2.69 bits per heavy atom. The largest absolute Gasteiger partial charge is 0.383 e. The van der Waals surface area contributed by atoms with Gasteiger partial charge in [0.2, 0.25) is 0 Å². The van der Waals surface area contributed by atoms with Crippen LogP contribution < -0.4 is 16.4 Å². The zero-order valence-corrected chi connectivity index (χ0v) is 21.0. The molecule has 0 unspecified atom stereocenters. The van der Waals surface area contributed by atoms with E-state index in [1.165, 1.54) is 0 Å². The Balaban J connectivity index is 1.30. The summed E-state index contributed by atoms with van der Waals surface area (Å²) in [6.07, 6.45) is 6.15. The molecule has 1 fully saturated rings. The summed E-state index contributed by atoms with van der Waals surface area (Å²) in [6.45, 7) is 6.38. The molecule has 3 heterocycles. The van der Waals surface area contributed by atoms with E-state index in [1.54, 1.807) is 11.3 Å². The van der Waals surface area contributed by atoms with Gasteiger partial charge in [0.1, 0.15) is 5.82 Å². The minimum Gasteiger partial charge on any atom is -0.383 e. The van der Waals surface area contributed by atoms with Crippen LogP contribution in [0.15, 0.2) is 66.2 Å². The van der Waals surface area contributed by atoms with Crippen LogP contribution in [0.5, 0.6) is 0 Å². The Bertz CT molecular complexity index is 1390. The lowest BCUT2D eigenvalue weighted by molar-refractivity contribution is 0.0435. The van der Waals surface area contributed by atoms with Crippen LogP contribution in [0, 0.1) is 6.92 Å². The molecule has 1 aliphatic rings. The molecule has 7 nitrogen and oxygen atoms in total. The Kier molecular flexibility index (Phi) is 7.27. The second kappa shape index (κ2) is 10.9. The first-order chi connectivity index (χ1) is 17.6. The molecule has 2 aromatic heterocycles. The smallest absolute Gasteiger partial charge is 0.323 e. The molecule has 0 bridgehead atoms. The van der Waals surface area contributed by atoms with Crippen LogP contribution in [0.1, 0.15) is 11.1 Å². The van der Waals surface area contributed by atoms with Crippen molar-refractivity contribution in [1.29, 1.82) is 0 Å². The Morgan fingerprint density at radius 1 is 1.14 bits per heavy atom. The number of anilines is 3. The van der Waals surface area contributed by atoms with E-state index in [0.29, 0.717) is 11.5 Å². The normalized spacial score (nSPS) is 14.4. The fourth-order valence-corrected chi connectivity index (χ4v) is 5.36. The van der Waals surface area contributed by atoms with Crippen LogP contribution >= 0.6 is 11.3 Å². The van der Waals surface area contributed by atoms with Crippen LogP contribution in [0.2, 0.25) is 0 Å². The molecule has 2 aromatic carbocycles. The molecule has 5 rings (SSSR count). The summed E-state index contributed by atoms with van der Waals surface area (Å²) in [5.74, 6) is 0.520. The van der Waals surface area contributed by atoms with Gasteiger partial charge >= 0.3 is 6.03 Å². The van der Waals surface area contributed by atoms with Gasteiger partial charge in [0, 0.05) is 58.4 Å². The number of pyridine rings is 1. The van der Waals surface area contributed by atoms with Gasteiger partial charge in [-0.15, -0.1) is 11.3 Å². The van der Waals surface area contributed by atoms with Crippen LogP contribution in [-0.2, 0) is 4.74 Å². The minimum absolute atomic E-state index is 0.281. The van der Waals surface area contributed by atoms with Gasteiger partial charge in [-0.2, -0.15) is 0 Å². The number of nitrogens with one attached hydrogen (secondary N) is 2. The number of amides is 2. The molecule has 4 aromatic rings. The Labute approximate surface area is 214 Å². The number of benzene rings is 2. The molecule has 0 spiro atoms. The van der Waals surface area contributed by atoms with Gasteiger partial charge in [-0.05, 0) is 47.7 Å². The van der Waals surface area contributed by atoms with Crippen LogP contribution in [0.25, 0.3) is 27.3 Å². The van der Waals surface area contributed by atoms with E-state index in [-0.39, 0.29) is 6.03 Å². The van der Waals surface area contributed by atoms with E-state index in [9.17, 15) is 4.79 Å². The van der Waals surface area contributed by atoms with E-state index in [4.69, 9.17) is 10.5 Å². The first kappa shape index (κ1) is 24.0. The molecule has 1 aliphatic heterocycles. The highest BCUT2D eigenvalue weighted by Crippen LogP contribution is 2.39. The molecule has 0 radical (unpaired) electrons. The summed E-state index contributed by atoms with van der Waals surface area (Å²) in [4.78, 5) is 19.2. The molecule has 184 valence electrons. The van der Waals surface area contributed by atoms with E-state index >= 15 is 0 Å². The highest BCUT2D eigenvalue weighted by atomic mass is 32.1. The lowest BCUT2D eigenvalue weighted by Gasteiger charge is -2.25. The number of aryl methyl sites for hydroxylation is 1. The van der Waals surface area contributed by atoms with Gasteiger partial charge in [0.15, 0.2) is 0 Å². The topological polar surface area (TPSA) is 92.5 Å². The quantitative estimate of drug-likeness (QED) is 0.310. The fraction of sp³-hybridized carbons (Fsp3) is 0.214. The van der Waals surface area contributed by atoms with Gasteiger partial charge in [-0.25, -0.2) is 9.78 Å². The number of carbonyl (C=O) groups is 1. The highest BCUT2D eigenvalue weighted by Gasteiger charge is 2.14. The van der Waals surface area contributed by atoms with Crippen molar-refractivity contribution in [2.75, 3.05) is 49.2 Å². The standard InChI is InChI=1S/C28H29N5O2S/c1-19-4-2-6-23(16-19)32-28(34)31-22-9-7-20(8-10-22)24-18-36-26-21(17-30-27(29)25(24)26)5-3-11-33-12-14-35-15-13-33/h2-10,16-18H,11-15H2,1H3,(H2,29,30)(H2,31,32,34). The first-order valence-corrected chi connectivity index (χ1v) is 12.8. The summed E-state index contributed by atoms with van der Waals surface area (Å²) in [6, 6.07) is 15.2. The van der Waals surface area contributed by atoms with Gasteiger partial charge < -0.3 is 21.1 Å². The first-order valence-electron chi connectivity index (χ1n) is 11.9. The maximum Gasteiger partial charge on any atom is 0.323 e. The van der Waals surface area contributed by atoms with Crippen molar-refractivity contribution in [1.82, 2.24) is 9.88 Å². The zero-order chi connectivity index (χ0) is 24.9. The summed E-state index contributed by atoms with van der Waals surface area (Å²) in [5, 5.41) is 8.83. The highest BCUT2D eigenvalue weighted by molar-refractivity contribution is 7.18. The second-order valence-electron chi connectivity index (χ2n) is 8.79. The fourth-order valence-electron chi connectivity index (χ4n) is 4.28.